The summed E-state index contributed by atoms with van der Waals surface area (Å²) in [6.07, 6.45) is 8.51. The first kappa shape index (κ1) is 17.6. The van der Waals surface area contributed by atoms with Gasteiger partial charge in [-0.3, -0.25) is 0 Å². The molecule has 0 heterocycles. The lowest BCUT2D eigenvalue weighted by atomic mass is 10.1. The van der Waals surface area contributed by atoms with Crippen molar-refractivity contribution in [1.29, 1.82) is 0 Å². The van der Waals surface area contributed by atoms with Gasteiger partial charge >= 0.3 is 0 Å². The molecule has 0 spiro atoms. The molecule has 0 rings (SSSR count). The lowest BCUT2D eigenvalue weighted by Crippen LogP contribution is -2.26. The van der Waals surface area contributed by atoms with Crippen LogP contribution in [0.15, 0.2) is 12.2 Å². The van der Waals surface area contributed by atoms with Crippen LogP contribution in [-0.4, -0.2) is 32.2 Å². The van der Waals surface area contributed by atoms with Crippen molar-refractivity contribution in [2.24, 2.45) is 0 Å². The molecule has 0 bridgehead atoms. The Kier molecular flexibility index (Phi) is 12.8. The molecule has 0 saturated heterocycles. The van der Waals surface area contributed by atoms with Crippen LogP contribution in [0.3, 0.4) is 0 Å². The maximum atomic E-state index is 5.75. The van der Waals surface area contributed by atoms with Crippen LogP contribution in [0.5, 0.6) is 0 Å². The highest BCUT2D eigenvalue weighted by atomic mass is 16.7. The van der Waals surface area contributed by atoms with E-state index in [0.717, 1.165) is 32.3 Å². The maximum Gasteiger partial charge on any atom is 0.160 e. The Bertz CT molecular complexity index is 186. The molecular formula is C15H30O3. The number of rotatable bonds is 12. The fourth-order valence-corrected chi connectivity index (χ4v) is 1.84. The average Bonchev–Trinajstić information content (AvgIpc) is 2.35. The lowest BCUT2D eigenvalue weighted by Gasteiger charge is -2.23. The van der Waals surface area contributed by atoms with E-state index in [0.29, 0.717) is 13.2 Å². The van der Waals surface area contributed by atoms with E-state index in [2.05, 4.69) is 19.1 Å². The van der Waals surface area contributed by atoms with Crippen LogP contribution in [0, 0.1) is 0 Å². The first-order valence-corrected chi connectivity index (χ1v) is 7.28. The van der Waals surface area contributed by atoms with Crippen molar-refractivity contribution in [3.63, 3.8) is 0 Å². The molecule has 1 unspecified atom stereocenters. The number of allylic oxidation sites excluding steroid dienone is 2. The van der Waals surface area contributed by atoms with Gasteiger partial charge in [0.1, 0.15) is 0 Å². The molecule has 1 atom stereocenters. The highest BCUT2D eigenvalue weighted by Crippen LogP contribution is 2.14. The van der Waals surface area contributed by atoms with Gasteiger partial charge in [0.05, 0.1) is 6.10 Å². The zero-order valence-corrected chi connectivity index (χ0v) is 12.5. The summed E-state index contributed by atoms with van der Waals surface area (Å²) in [5.41, 5.74) is 0. The van der Waals surface area contributed by atoms with Gasteiger partial charge in [-0.25, -0.2) is 0 Å². The van der Waals surface area contributed by atoms with E-state index in [-0.39, 0.29) is 12.4 Å². The summed E-state index contributed by atoms with van der Waals surface area (Å²) in [5, 5.41) is 0. The predicted octanol–water partition coefficient (Wildman–Crippen LogP) is 3.93. The molecule has 0 aliphatic rings. The zero-order chi connectivity index (χ0) is 13.6. The van der Waals surface area contributed by atoms with E-state index >= 15 is 0 Å². The molecule has 0 aromatic carbocycles. The first-order chi connectivity index (χ1) is 8.78. The molecule has 0 amide bonds. The second-order valence-electron chi connectivity index (χ2n) is 4.11. The van der Waals surface area contributed by atoms with Crippen molar-refractivity contribution in [1.82, 2.24) is 0 Å². The Morgan fingerprint density at radius 3 is 1.94 bits per heavy atom. The average molecular weight is 258 g/mol. The second kappa shape index (κ2) is 13.1. The predicted molar refractivity (Wildman–Crippen MR) is 75.7 cm³/mol. The number of ether oxygens (including phenoxy) is 3. The summed E-state index contributed by atoms with van der Waals surface area (Å²) in [6, 6.07) is 0. The molecule has 3 nitrogen and oxygen atoms in total. The Hall–Kier alpha value is -0.380. The topological polar surface area (TPSA) is 27.7 Å². The molecule has 3 heteroatoms. The van der Waals surface area contributed by atoms with Crippen molar-refractivity contribution in [3.8, 4) is 0 Å². The van der Waals surface area contributed by atoms with Crippen LogP contribution < -0.4 is 0 Å². The Balaban J connectivity index is 4.07. The van der Waals surface area contributed by atoms with Crippen molar-refractivity contribution in [2.45, 2.75) is 65.8 Å². The third-order valence-electron chi connectivity index (χ3n) is 2.62. The van der Waals surface area contributed by atoms with E-state index in [1.54, 1.807) is 0 Å². The monoisotopic (exact) mass is 258 g/mol. The molecule has 108 valence electrons. The van der Waals surface area contributed by atoms with Gasteiger partial charge in [0.15, 0.2) is 6.29 Å². The molecule has 0 aromatic rings. The van der Waals surface area contributed by atoms with Gasteiger partial charge in [-0.1, -0.05) is 19.1 Å². The Morgan fingerprint density at radius 1 is 0.833 bits per heavy atom. The standard InChI is InChI=1S/C15H30O3/c1-5-9-10-11-12-14(16-6-2)13-15(17-7-3)18-8-4/h9-10,14-15H,5-8,11-13H2,1-4H3. The summed E-state index contributed by atoms with van der Waals surface area (Å²) in [5.74, 6) is 0. The molecule has 18 heavy (non-hydrogen) atoms. The van der Waals surface area contributed by atoms with E-state index in [1.807, 2.05) is 20.8 Å². The molecule has 0 N–H and O–H groups in total. The SMILES string of the molecule is CCC=CCCC(CC(OCC)OCC)OCC. The Morgan fingerprint density at radius 2 is 1.44 bits per heavy atom. The van der Waals surface area contributed by atoms with Crippen LogP contribution in [0.4, 0.5) is 0 Å². The van der Waals surface area contributed by atoms with Gasteiger partial charge in [-0.2, -0.15) is 0 Å². The summed E-state index contributed by atoms with van der Waals surface area (Å²) in [7, 11) is 0. The molecule has 0 radical (unpaired) electrons. The summed E-state index contributed by atoms with van der Waals surface area (Å²) >= 11 is 0. The smallest absolute Gasteiger partial charge is 0.160 e. The van der Waals surface area contributed by atoms with Gasteiger partial charge in [0.2, 0.25) is 0 Å². The van der Waals surface area contributed by atoms with Gasteiger partial charge < -0.3 is 14.2 Å². The lowest BCUT2D eigenvalue weighted by molar-refractivity contribution is -0.157. The fourth-order valence-electron chi connectivity index (χ4n) is 1.84. The fraction of sp³-hybridized carbons (Fsp3) is 0.867. The second-order valence-corrected chi connectivity index (χ2v) is 4.11. The summed E-state index contributed by atoms with van der Waals surface area (Å²) < 4.78 is 16.9. The van der Waals surface area contributed by atoms with Crippen LogP contribution >= 0.6 is 0 Å². The minimum Gasteiger partial charge on any atom is -0.378 e. The van der Waals surface area contributed by atoms with Gasteiger partial charge in [0.25, 0.3) is 0 Å². The van der Waals surface area contributed by atoms with E-state index in [9.17, 15) is 0 Å². The first-order valence-electron chi connectivity index (χ1n) is 7.28. The zero-order valence-electron chi connectivity index (χ0n) is 12.5. The minimum absolute atomic E-state index is 0.133. The van der Waals surface area contributed by atoms with Crippen LogP contribution in [0.25, 0.3) is 0 Å². The molecular weight excluding hydrogens is 228 g/mol. The quantitative estimate of drug-likeness (QED) is 0.392. The van der Waals surface area contributed by atoms with Gasteiger partial charge in [-0.05, 0) is 40.0 Å². The minimum atomic E-state index is -0.133. The summed E-state index contributed by atoms with van der Waals surface area (Å²) in [4.78, 5) is 0. The maximum absolute atomic E-state index is 5.75. The third-order valence-corrected chi connectivity index (χ3v) is 2.62. The van der Waals surface area contributed by atoms with Crippen molar-refractivity contribution in [3.05, 3.63) is 12.2 Å². The van der Waals surface area contributed by atoms with Crippen molar-refractivity contribution >= 4 is 0 Å². The van der Waals surface area contributed by atoms with E-state index in [4.69, 9.17) is 14.2 Å². The molecule has 0 saturated carbocycles. The highest BCUT2D eigenvalue weighted by molar-refractivity contribution is 4.81. The third kappa shape index (κ3) is 9.63. The largest absolute Gasteiger partial charge is 0.378 e. The van der Waals surface area contributed by atoms with Crippen molar-refractivity contribution in [2.75, 3.05) is 19.8 Å². The Labute approximate surface area is 112 Å². The van der Waals surface area contributed by atoms with E-state index in [1.165, 1.54) is 0 Å². The van der Waals surface area contributed by atoms with Crippen molar-refractivity contribution < 1.29 is 14.2 Å². The highest BCUT2D eigenvalue weighted by Gasteiger charge is 2.16. The van der Waals surface area contributed by atoms with Crippen LogP contribution in [0.1, 0.15) is 53.4 Å². The van der Waals surface area contributed by atoms with Gasteiger partial charge in [-0.15, -0.1) is 0 Å². The van der Waals surface area contributed by atoms with E-state index < -0.39 is 0 Å². The number of hydrogen-bond donors (Lipinski definition) is 0. The van der Waals surface area contributed by atoms with Gasteiger partial charge in [0, 0.05) is 26.2 Å². The molecule has 0 aliphatic carbocycles. The van der Waals surface area contributed by atoms with Crippen LogP contribution in [-0.2, 0) is 14.2 Å². The molecule has 0 fully saturated rings. The van der Waals surface area contributed by atoms with Crippen LogP contribution in [0.2, 0.25) is 0 Å². The molecule has 0 aliphatic heterocycles. The number of hydrogen-bond acceptors (Lipinski definition) is 3. The summed E-state index contributed by atoms with van der Waals surface area (Å²) in [6.45, 7) is 10.3. The molecule has 0 aromatic heterocycles. The normalized spacial score (nSPS) is 13.6.